The SMILES string of the molecule is CCCCC(O)CCCCCCCS(=O)(=O)O. The molecule has 0 fully saturated rings. The average Bonchev–Trinajstić information content (AvgIpc) is 2.23. The van der Waals surface area contributed by atoms with Crippen LogP contribution in [0.1, 0.15) is 64.7 Å². The summed E-state index contributed by atoms with van der Waals surface area (Å²) in [6, 6.07) is 0. The Bertz CT molecular complexity index is 262. The lowest BCUT2D eigenvalue weighted by atomic mass is 10.0. The van der Waals surface area contributed by atoms with Gasteiger partial charge in [-0.1, -0.05) is 45.4 Å². The van der Waals surface area contributed by atoms with E-state index in [2.05, 4.69) is 6.92 Å². The highest BCUT2D eigenvalue weighted by Crippen LogP contribution is 2.11. The molecule has 0 aromatic carbocycles. The minimum atomic E-state index is -3.78. The van der Waals surface area contributed by atoms with Crippen molar-refractivity contribution in [3.63, 3.8) is 0 Å². The van der Waals surface area contributed by atoms with Gasteiger partial charge >= 0.3 is 0 Å². The second-order valence-corrected chi connectivity index (χ2v) is 6.21. The van der Waals surface area contributed by atoms with Crippen LogP contribution in [0.5, 0.6) is 0 Å². The monoisotopic (exact) mass is 266 g/mol. The molecule has 1 unspecified atom stereocenters. The van der Waals surface area contributed by atoms with Crippen molar-refractivity contribution in [2.75, 3.05) is 5.75 Å². The molecule has 104 valence electrons. The van der Waals surface area contributed by atoms with Gasteiger partial charge < -0.3 is 5.11 Å². The van der Waals surface area contributed by atoms with Gasteiger partial charge in [0.1, 0.15) is 0 Å². The molecule has 0 aliphatic rings. The summed E-state index contributed by atoms with van der Waals surface area (Å²) in [4.78, 5) is 0. The summed E-state index contributed by atoms with van der Waals surface area (Å²) in [5, 5.41) is 9.58. The van der Waals surface area contributed by atoms with Gasteiger partial charge in [0.2, 0.25) is 0 Å². The Kier molecular flexibility index (Phi) is 9.78. The van der Waals surface area contributed by atoms with Crippen molar-refractivity contribution in [2.24, 2.45) is 0 Å². The first-order valence-electron chi connectivity index (χ1n) is 6.59. The number of unbranched alkanes of at least 4 members (excludes halogenated alkanes) is 5. The molecule has 0 radical (unpaired) electrons. The van der Waals surface area contributed by atoms with Gasteiger partial charge in [0.05, 0.1) is 11.9 Å². The molecule has 0 rings (SSSR count). The molecule has 17 heavy (non-hydrogen) atoms. The molecule has 0 aromatic rings. The summed E-state index contributed by atoms with van der Waals surface area (Å²) in [6.45, 7) is 2.11. The zero-order valence-electron chi connectivity index (χ0n) is 10.8. The quantitative estimate of drug-likeness (QED) is 0.445. The Morgan fingerprint density at radius 3 is 2.06 bits per heavy atom. The van der Waals surface area contributed by atoms with Crippen LogP contribution in [0.4, 0.5) is 0 Å². The molecule has 0 aliphatic heterocycles. The third-order valence-corrected chi connectivity index (χ3v) is 3.64. The smallest absolute Gasteiger partial charge is 0.264 e. The van der Waals surface area contributed by atoms with E-state index in [-0.39, 0.29) is 11.9 Å². The van der Waals surface area contributed by atoms with Crippen LogP contribution in [0.25, 0.3) is 0 Å². The number of aliphatic hydroxyl groups is 1. The van der Waals surface area contributed by atoms with Gasteiger partial charge in [0.15, 0.2) is 0 Å². The fraction of sp³-hybridized carbons (Fsp3) is 1.00. The van der Waals surface area contributed by atoms with Crippen molar-refractivity contribution in [1.29, 1.82) is 0 Å². The molecule has 0 aromatic heterocycles. The highest BCUT2D eigenvalue weighted by molar-refractivity contribution is 7.85. The van der Waals surface area contributed by atoms with Crippen LogP contribution >= 0.6 is 0 Å². The van der Waals surface area contributed by atoms with Crippen LogP contribution < -0.4 is 0 Å². The lowest BCUT2D eigenvalue weighted by Crippen LogP contribution is -2.06. The van der Waals surface area contributed by atoms with Gasteiger partial charge in [0, 0.05) is 0 Å². The van der Waals surface area contributed by atoms with E-state index in [4.69, 9.17) is 4.55 Å². The first kappa shape index (κ1) is 16.9. The van der Waals surface area contributed by atoms with E-state index in [9.17, 15) is 13.5 Å². The van der Waals surface area contributed by atoms with Crippen molar-refractivity contribution in [2.45, 2.75) is 70.8 Å². The largest absolute Gasteiger partial charge is 0.393 e. The summed E-state index contributed by atoms with van der Waals surface area (Å²) >= 11 is 0. The van der Waals surface area contributed by atoms with Crippen molar-refractivity contribution in [3.05, 3.63) is 0 Å². The highest BCUT2D eigenvalue weighted by atomic mass is 32.2. The van der Waals surface area contributed by atoms with E-state index >= 15 is 0 Å². The molecule has 4 nitrogen and oxygen atoms in total. The van der Waals surface area contributed by atoms with Gasteiger partial charge in [-0.15, -0.1) is 0 Å². The van der Waals surface area contributed by atoms with E-state index < -0.39 is 10.1 Å². The van der Waals surface area contributed by atoms with Crippen LogP contribution in [-0.4, -0.2) is 29.9 Å². The number of aliphatic hydroxyl groups excluding tert-OH is 1. The van der Waals surface area contributed by atoms with Crippen LogP contribution in [0.2, 0.25) is 0 Å². The lowest BCUT2D eigenvalue weighted by molar-refractivity contribution is 0.148. The fourth-order valence-corrected chi connectivity index (χ4v) is 2.35. The van der Waals surface area contributed by atoms with E-state index in [1.807, 2.05) is 0 Å². The lowest BCUT2D eigenvalue weighted by Gasteiger charge is -2.09. The average molecular weight is 266 g/mol. The van der Waals surface area contributed by atoms with E-state index in [1.54, 1.807) is 0 Å². The van der Waals surface area contributed by atoms with Crippen LogP contribution in [-0.2, 0) is 10.1 Å². The first-order valence-corrected chi connectivity index (χ1v) is 8.20. The molecule has 0 aliphatic carbocycles. The van der Waals surface area contributed by atoms with Crippen LogP contribution in [0.3, 0.4) is 0 Å². The predicted molar refractivity (Wildman–Crippen MR) is 69.6 cm³/mol. The van der Waals surface area contributed by atoms with E-state index in [1.165, 1.54) is 0 Å². The zero-order chi connectivity index (χ0) is 13.1. The van der Waals surface area contributed by atoms with Crippen LogP contribution in [0, 0.1) is 0 Å². The minimum Gasteiger partial charge on any atom is -0.393 e. The molecule has 0 saturated heterocycles. The number of hydrogen-bond acceptors (Lipinski definition) is 3. The van der Waals surface area contributed by atoms with Crippen molar-refractivity contribution < 1.29 is 18.1 Å². The highest BCUT2D eigenvalue weighted by Gasteiger charge is 2.04. The summed E-state index contributed by atoms with van der Waals surface area (Å²) in [5.41, 5.74) is 0. The third kappa shape index (κ3) is 13.8. The first-order chi connectivity index (χ1) is 7.95. The topological polar surface area (TPSA) is 74.6 Å². The molecular formula is C12H26O4S. The molecule has 2 N–H and O–H groups in total. The van der Waals surface area contributed by atoms with E-state index in [0.29, 0.717) is 6.42 Å². The summed E-state index contributed by atoms with van der Waals surface area (Å²) in [7, 11) is -3.78. The predicted octanol–water partition coefficient (Wildman–Crippen LogP) is 2.77. The molecule has 0 spiro atoms. The number of rotatable bonds is 11. The maximum Gasteiger partial charge on any atom is 0.264 e. The maximum absolute atomic E-state index is 10.4. The molecule has 0 saturated carbocycles. The Balaban J connectivity index is 3.23. The standard InChI is InChI=1S/C12H26O4S/c1-2-3-9-12(13)10-7-5-4-6-8-11-17(14,15)16/h12-13H,2-11H2,1H3,(H,14,15,16). The Morgan fingerprint density at radius 2 is 1.47 bits per heavy atom. The summed E-state index contributed by atoms with van der Waals surface area (Å²) in [6.07, 6.45) is 8.09. The fourth-order valence-electron chi connectivity index (χ4n) is 1.78. The summed E-state index contributed by atoms with van der Waals surface area (Å²) < 4.78 is 29.4. The van der Waals surface area contributed by atoms with Crippen molar-refractivity contribution in [3.8, 4) is 0 Å². The van der Waals surface area contributed by atoms with Gasteiger partial charge in [-0.25, -0.2) is 0 Å². The maximum atomic E-state index is 10.4. The molecule has 0 heterocycles. The molecular weight excluding hydrogens is 240 g/mol. The number of hydrogen-bond donors (Lipinski definition) is 2. The molecule has 0 bridgehead atoms. The zero-order valence-corrected chi connectivity index (χ0v) is 11.6. The van der Waals surface area contributed by atoms with Gasteiger partial charge in [-0.05, 0) is 19.3 Å². The van der Waals surface area contributed by atoms with Crippen molar-refractivity contribution >= 4 is 10.1 Å². The second-order valence-electron chi connectivity index (χ2n) is 4.64. The Labute approximate surface area is 105 Å². The normalized spacial score (nSPS) is 13.8. The Morgan fingerprint density at radius 1 is 0.941 bits per heavy atom. The van der Waals surface area contributed by atoms with Gasteiger partial charge in [0.25, 0.3) is 10.1 Å². The summed E-state index contributed by atoms with van der Waals surface area (Å²) in [5.74, 6) is -0.133. The third-order valence-electron chi connectivity index (χ3n) is 2.83. The minimum absolute atomic E-state index is 0.133. The van der Waals surface area contributed by atoms with Crippen LogP contribution in [0.15, 0.2) is 0 Å². The second kappa shape index (κ2) is 9.85. The molecule has 0 amide bonds. The van der Waals surface area contributed by atoms with E-state index in [0.717, 1.165) is 51.4 Å². The van der Waals surface area contributed by atoms with Crippen molar-refractivity contribution in [1.82, 2.24) is 0 Å². The van der Waals surface area contributed by atoms with Gasteiger partial charge in [-0.2, -0.15) is 8.42 Å². The molecule has 5 heteroatoms. The van der Waals surface area contributed by atoms with Gasteiger partial charge in [-0.3, -0.25) is 4.55 Å². The Hall–Kier alpha value is -0.130. The molecule has 1 atom stereocenters.